The number of hydrazine groups is 1. The summed E-state index contributed by atoms with van der Waals surface area (Å²) in [7, 11) is 2.06. The SMILES string of the molecule is CC(C)c1nc2c(c(-c3ccc(F)cc3)c1C=C[C@@H](O)C[C@@H](O)CC(=O)O)CCCc1nc(C(=O)NN3CCN(C)CC3)ccc1-2. The Morgan fingerprint density at radius 2 is 1.74 bits per heavy atom. The van der Waals surface area contributed by atoms with Gasteiger partial charge in [-0.05, 0) is 73.2 Å². The first-order valence-corrected chi connectivity index (χ1v) is 15.8. The number of aromatic nitrogens is 2. The van der Waals surface area contributed by atoms with Crippen LogP contribution >= 0.6 is 0 Å². The summed E-state index contributed by atoms with van der Waals surface area (Å²) in [6.45, 7) is 7.27. The molecule has 2 atom stereocenters. The summed E-state index contributed by atoms with van der Waals surface area (Å²) in [5.41, 5.74) is 9.91. The molecule has 1 aliphatic heterocycles. The molecule has 0 radical (unpaired) electrons. The zero-order valence-corrected chi connectivity index (χ0v) is 26.5. The van der Waals surface area contributed by atoms with E-state index >= 15 is 0 Å². The van der Waals surface area contributed by atoms with Gasteiger partial charge in [-0.1, -0.05) is 38.1 Å². The molecule has 1 aliphatic carbocycles. The second-order valence-electron chi connectivity index (χ2n) is 12.5. The van der Waals surface area contributed by atoms with E-state index in [1.165, 1.54) is 12.1 Å². The van der Waals surface area contributed by atoms with Gasteiger partial charge in [0.2, 0.25) is 0 Å². The van der Waals surface area contributed by atoms with Crippen molar-refractivity contribution >= 4 is 18.0 Å². The molecule has 0 saturated carbocycles. The summed E-state index contributed by atoms with van der Waals surface area (Å²) >= 11 is 0. The highest BCUT2D eigenvalue weighted by atomic mass is 19.1. The van der Waals surface area contributed by atoms with Gasteiger partial charge < -0.3 is 20.2 Å². The highest BCUT2D eigenvalue weighted by Gasteiger charge is 2.27. The monoisotopic (exact) mass is 631 g/mol. The number of aryl methyl sites for hydroxylation is 1. The van der Waals surface area contributed by atoms with Crippen molar-refractivity contribution in [2.45, 2.75) is 64.1 Å². The summed E-state index contributed by atoms with van der Waals surface area (Å²) in [4.78, 5) is 36.4. The van der Waals surface area contributed by atoms with Crippen LogP contribution in [0.1, 0.15) is 72.0 Å². The van der Waals surface area contributed by atoms with Crippen LogP contribution in [0.4, 0.5) is 4.39 Å². The van der Waals surface area contributed by atoms with Gasteiger partial charge >= 0.3 is 5.97 Å². The molecule has 2 aliphatic rings. The predicted molar refractivity (Wildman–Crippen MR) is 173 cm³/mol. The standard InChI is InChI=1S/C35H42FN5O5/c1-21(2)33-28(12-11-24(42)19-25(43)20-31(44)45)32(22-7-9-23(36)10-8-22)27-5-4-6-29-26(34(27)38-33)13-14-30(37-29)35(46)39-41-17-15-40(3)16-18-41/h7-14,21,24-25,42-43H,4-6,15-20H2,1-3H3,(H,39,46)(H,44,45)/t24-,25-/m1/s1. The number of aliphatic hydroxyl groups is 2. The van der Waals surface area contributed by atoms with Crippen LogP contribution in [0.25, 0.3) is 28.5 Å². The topological polar surface area (TPSA) is 139 Å². The number of pyridine rings is 2. The Bertz CT molecular complexity index is 1600. The molecule has 11 heteroatoms. The highest BCUT2D eigenvalue weighted by molar-refractivity contribution is 5.93. The molecular formula is C35H42FN5O5. The summed E-state index contributed by atoms with van der Waals surface area (Å²) in [6.07, 6.45) is 2.50. The van der Waals surface area contributed by atoms with Crippen molar-refractivity contribution in [1.82, 2.24) is 25.3 Å². The Kier molecular flexibility index (Phi) is 10.6. The van der Waals surface area contributed by atoms with E-state index in [1.54, 1.807) is 30.4 Å². The second-order valence-corrected chi connectivity index (χ2v) is 12.5. The Morgan fingerprint density at radius 1 is 1.02 bits per heavy atom. The van der Waals surface area contributed by atoms with Gasteiger partial charge in [-0.15, -0.1) is 0 Å². The molecule has 1 saturated heterocycles. The molecule has 46 heavy (non-hydrogen) atoms. The number of hydrogen-bond acceptors (Lipinski definition) is 8. The predicted octanol–water partition coefficient (Wildman–Crippen LogP) is 4.05. The Balaban J connectivity index is 1.57. The summed E-state index contributed by atoms with van der Waals surface area (Å²) in [6, 6.07) is 9.95. The van der Waals surface area contributed by atoms with Gasteiger partial charge in [0.05, 0.1) is 35.7 Å². The fraction of sp³-hybridized carbons (Fsp3) is 0.429. The van der Waals surface area contributed by atoms with Crippen molar-refractivity contribution in [1.29, 1.82) is 0 Å². The molecule has 3 heterocycles. The van der Waals surface area contributed by atoms with Gasteiger partial charge in [0.15, 0.2) is 0 Å². The lowest BCUT2D eigenvalue weighted by Gasteiger charge is -2.32. The average molecular weight is 632 g/mol. The number of carbonyl (C=O) groups is 2. The number of carboxylic acid groups (broad SMARTS) is 1. The van der Waals surface area contributed by atoms with Crippen LogP contribution < -0.4 is 5.43 Å². The zero-order valence-electron chi connectivity index (χ0n) is 26.5. The number of rotatable bonds is 10. The van der Waals surface area contributed by atoms with Crippen molar-refractivity contribution < 1.29 is 29.3 Å². The van der Waals surface area contributed by atoms with Gasteiger partial charge in [0.1, 0.15) is 11.5 Å². The third kappa shape index (κ3) is 7.84. The lowest BCUT2D eigenvalue weighted by molar-refractivity contribution is -0.139. The van der Waals surface area contributed by atoms with Crippen molar-refractivity contribution in [3.05, 3.63) is 76.5 Å². The molecule has 3 aromatic rings. The van der Waals surface area contributed by atoms with Gasteiger partial charge in [-0.2, -0.15) is 0 Å². The first-order valence-electron chi connectivity index (χ1n) is 15.8. The number of hydrogen-bond donors (Lipinski definition) is 4. The maximum absolute atomic E-state index is 14.1. The van der Waals surface area contributed by atoms with Crippen LogP contribution in [-0.4, -0.2) is 92.5 Å². The van der Waals surface area contributed by atoms with Gasteiger partial charge in [0.25, 0.3) is 5.91 Å². The zero-order chi connectivity index (χ0) is 33.0. The number of benzene rings is 1. The molecular weight excluding hydrogens is 589 g/mol. The van der Waals surface area contributed by atoms with E-state index in [4.69, 9.17) is 15.1 Å². The third-order valence-electron chi connectivity index (χ3n) is 8.52. The largest absolute Gasteiger partial charge is 0.481 e. The molecule has 0 spiro atoms. The lowest BCUT2D eigenvalue weighted by atomic mass is 9.86. The van der Waals surface area contributed by atoms with Crippen molar-refractivity contribution in [3.63, 3.8) is 0 Å². The summed E-state index contributed by atoms with van der Waals surface area (Å²) in [5, 5.41) is 31.6. The number of aliphatic hydroxyl groups excluding tert-OH is 2. The van der Waals surface area contributed by atoms with Gasteiger partial charge in [0, 0.05) is 43.7 Å². The minimum absolute atomic E-state index is 0.0350. The van der Waals surface area contributed by atoms with Crippen LogP contribution in [0.15, 0.2) is 42.5 Å². The van der Waals surface area contributed by atoms with Gasteiger partial charge in [-0.3, -0.25) is 20.0 Å². The van der Waals surface area contributed by atoms with E-state index in [0.717, 1.165) is 77.5 Å². The number of aliphatic carboxylic acids is 1. The first-order chi connectivity index (χ1) is 22.0. The average Bonchev–Trinajstić information content (AvgIpc) is 3.19. The molecule has 2 aromatic heterocycles. The molecule has 1 aromatic carbocycles. The highest BCUT2D eigenvalue weighted by Crippen LogP contribution is 2.41. The summed E-state index contributed by atoms with van der Waals surface area (Å²) < 4.78 is 14.1. The van der Waals surface area contributed by atoms with Gasteiger partial charge in [-0.25, -0.2) is 14.4 Å². The number of carbonyl (C=O) groups excluding carboxylic acids is 1. The quantitative estimate of drug-likeness (QED) is 0.261. The van der Waals surface area contributed by atoms with E-state index in [2.05, 4.69) is 17.4 Å². The Morgan fingerprint density at radius 3 is 2.41 bits per heavy atom. The van der Waals surface area contributed by atoms with E-state index in [9.17, 15) is 24.2 Å². The number of likely N-dealkylation sites (N-methyl/N-ethyl adjacent to an activating group) is 1. The number of nitrogens with zero attached hydrogens (tertiary/aromatic N) is 4. The smallest absolute Gasteiger partial charge is 0.305 e. The number of nitrogens with one attached hydrogen (secondary N) is 1. The van der Waals surface area contributed by atoms with E-state index in [-0.39, 0.29) is 24.1 Å². The second kappa shape index (κ2) is 14.6. The van der Waals surface area contributed by atoms with Crippen LogP contribution in [0, 0.1) is 5.82 Å². The fourth-order valence-electron chi connectivity index (χ4n) is 6.11. The maximum atomic E-state index is 14.1. The number of halogens is 1. The first kappa shape index (κ1) is 33.3. The Hall–Kier alpha value is -4.03. The van der Waals surface area contributed by atoms with E-state index < -0.39 is 24.6 Å². The lowest BCUT2D eigenvalue weighted by Crippen LogP contribution is -2.52. The third-order valence-corrected chi connectivity index (χ3v) is 8.52. The summed E-state index contributed by atoms with van der Waals surface area (Å²) in [5.74, 6) is -1.78. The van der Waals surface area contributed by atoms with E-state index in [1.807, 2.05) is 24.9 Å². The van der Waals surface area contributed by atoms with Crippen LogP contribution in [-0.2, 0) is 17.6 Å². The normalized spacial score (nSPS) is 16.9. The minimum atomic E-state index is -1.19. The van der Waals surface area contributed by atoms with Crippen LogP contribution in [0.3, 0.4) is 0 Å². The Labute approximate surface area is 268 Å². The van der Waals surface area contributed by atoms with Crippen molar-refractivity contribution in [2.75, 3.05) is 33.2 Å². The molecule has 5 rings (SSSR count). The van der Waals surface area contributed by atoms with E-state index in [0.29, 0.717) is 18.5 Å². The maximum Gasteiger partial charge on any atom is 0.305 e. The molecule has 1 fully saturated rings. The minimum Gasteiger partial charge on any atom is -0.481 e. The number of fused-ring (bicyclic) bond motifs is 3. The molecule has 10 nitrogen and oxygen atoms in total. The van der Waals surface area contributed by atoms with Crippen molar-refractivity contribution in [3.8, 4) is 22.4 Å². The molecule has 0 bridgehead atoms. The number of amides is 1. The van der Waals surface area contributed by atoms with Crippen molar-refractivity contribution in [2.24, 2.45) is 0 Å². The van der Waals surface area contributed by atoms with Crippen LogP contribution in [0.5, 0.6) is 0 Å². The molecule has 4 N–H and O–H groups in total. The van der Waals surface area contributed by atoms with Crippen LogP contribution in [0.2, 0.25) is 0 Å². The molecule has 0 unspecified atom stereocenters. The fourth-order valence-corrected chi connectivity index (χ4v) is 6.11. The molecule has 1 amide bonds. The number of piperazine rings is 1. The molecule has 244 valence electrons. The number of carboxylic acids is 1.